The molecule has 0 fully saturated rings. The average Bonchev–Trinajstić information content (AvgIpc) is 3.35. The number of rotatable bonds is 47. The fourth-order valence-electron chi connectivity index (χ4n) is 6.87. The van der Waals surface area contributed by atoms with Gasteiger partial charge in [-0.15, -0.1) is 0 Å². The molecule has 0 heterocycles. The molecule has 0 aliphatic heterocycles. The standard InChI is InChI=1S/C63H98O6/c1-4-7-10-13-16-19-22-25-28-30-32-34-35-38-41-44-47-50-53-56-62(65)68-59-60(58-67-61(64)55-52-49-46-43-40-37-27-24-21-18-15-12-9-6-3)69-63(66)57-54-51-48-45-42-39-36-33-31-29-26-23-20-17-14-11-8-5-2/h7,9-10,12,16-21,23,25-26,28-29,31-34,36,38,41,47,50,60H,4-6,8,11,13-15,22,24,27,30,35,37,39-40,42-46,48-49,51-59H2,1-3H3/b10-7-,12-9-,19-16-,20-17-,21-18-,26-23-,28-25-,31-29-,34-32-,36-33-,41-38-,50-47-. The SMILES string of the molecule is CC/C=C\C/C=C\C/C=C\C/C=C\C/C=C\C/C=C\CCC(=O)OCC(COC(=O)CCCCCCCCC/C=C\C/C=C\CC)OC(=O)CCCCCCC\C=C/C=C\C=C/C=C\CCCCC. The lowest BCUT2D eigenvalue weighted by atomic mass is 10.1. The minimum atomic E-state index is -0.831. The zero-order chi connectivity index (χ0) is 50.0. The first kappa shape index (κ1) is 64.3. The van der Waals surface area contributed by atoms with Crippen molar-refractivity contribution in [3.8, 4) is 0 Å². The van der Waals surface area contributed by atoms with Crippen LogP contribution in [-0.4, -0.2) is 37.2 Å². The summed E-state index contributed by atoms with van der Waals surface area (Å²) in [4.78, 5) is 38.1. The highest BCUT2D eigenvalue weighted by Gasteiger charge is 2.19. The molecule has 0 aromatic rings. The molecule has 1 atom stereocenters. The van der Waals surface area contributed by atoms with Crippen molar-refractivity contribution in [2.24, 2.45) is 0 Å². The van der Waals surface area contributed by atoms with Gasteiger partial charge in [0, 0.05) is 19.3 Å². The van der Waals surface area contributed by atoms with Crippen LogP contribution in [0.15, 0.2) is 146 Å². The molecule has 0 aromatic carbocycles. The van der Waals surface area contributed by atoms with Crippen molar-refractivity contribution in [1.29, 1.82) is 0 Å². The fourth-order valence-corrected chi connectivity index (χ4v) is 6.87. The van der Waals surface area contributed by atoms with E-state index >= 15 is 0 Å². The highest BCUT2D eigenvalue weighted by atomic mass is 16.6. The zero-order valence-corrected chi connectivity index (χ0v) is 44.0. The van der Waals surface area contributed by atoms with E-state index in [0.29, 0.717) is 12.8 Å². The van der Waals surface area contributed by atoms with Crippen LogP contribution < -0.4 is 0 Å². The Kier molecular flexibility index (Phi) is 52.1. The molecule has 0 bridgehead atoms. The third-order valence-electron chi connectivity index (χ3n) is 10.9. The van der Waals surface area contributed by atoms with Gasteiger partial charge >= 0.3 is 17.9 Å². The number of allylic oxidation sites excluding steroid dienone is 24. The minimum absolute atomic E-state index is 0.122. The zero-order valence-electron chi connectivity index (χ0n) is 44.0. The summed E-state index contributed by atoms with van der Waals surface area (Å²) in [7, 11) is 0. The second-order valence-corrected chi connectivity index (χ2v) is 17.5. The maximum absolute atomic E-state index is 12.8. The van der Waals surface area contributed by atoms with Gasteiger partial charge in [0.25, 0.3) is 0 Å². The van der Waals surface area contributed by atoms with Crippen molar-refractivity contribution in [3.63, 3.8) is 0 Å². The number of hydrogen-bond acceptors (Lipinski definition) is 6. The normalized spacial score (nSPS) is 13.3. The van der Waals surface area contributed by atoms with Gasteiger partial charge in [-0.2, -0.15) is 0 Å². The predicted molar refractivity (Wildman–Crippen MR) is 297 cm³/mol. The molecule has 69 heavy (non-hydrogen) atoms. The van der Waals surface area contributed by atoms with Gasteiger partial charge in [0.2, 0.25) is 0 Å². The van der Waals surface area contributed by atoms with E-state index in [1.54, 1.807) is 0 Å². The lowest BCUT2D eigenvalue weighted by Gasteiger charge is -2.18. The lowest BCUT2D eigenvalue weighted by molar-refractivity contribution is -0.166. The van der Waals surface area contributed by atoms with Crippen LogP contribution in [0, 0.1) is 0 Å². The van der Waals surface area contributed by atoms with Crippen molar-refractivity contribution in [3.05, 3.63) is 146 Å². The van der Waals surface area contributed by atoms with Crippen LogP contribution in [0.25, 0.3) is 0 Å². The Labute approximate surface area is 423 Å². The molecule has 0 aliphatic rings. The Balaban J connectivity index is 4.59. The minimum Gasteiger partial charge on any atom is -0.462 e. The van der Waals surface area contributed by atoms with Gasteiger partial charge in [0.05, 0.1) is 0 Å². The topological polar surface area (TPSA) is 78.9 Å². The Morgan fingerprint density at radius 3 is 1.10 bits per heavy atom. The molecule has 0 amide bonds. The second-order valence-electron chi connectivity index (χ2n) is 17.5. The van der Waals surface area contributed by atoms with E-state index in [1.165, 1.54) is 44.9 Å². The van der Waals surface area contributed by atoms with E-state index in [0.717, 1.165) is 122 Å². The quantitative estimate of drug-likeness (QED) is 0.0199. The molecule has 0 aliphatic carbocycles. The third kappa shape index (κ3) is 54.1. The van der Waals surface area contributed by atoms with Gasteiger partial charge in [-0.05, 0) is 109 Å². The van der Waals surface area contributed by atoms with Gasteiger partial charge in [0.1, 0.15) is 13.2 Å². The van der Waals surface area contributed by atoms with E-state index < -0.39 is 6.10 Å². The summed E-state index contributed by atoms with van der Waals surface area (Å²) in [5.74, 6) is -1.05. The van der Waals surface area contributed by atoms with Crippen LogP contribution in [-0.2, 0) is 28.6 Å². The van der Waals surface area contributed by atoms with Gasteiger partial charge < -0.3 is 14.2 Å². The van der Waals surface area contributed by atoms with E-state index in [-0.39, 0.29) is 44.0 Å². The van der Waals surface area contributed by atoms with Crippen LogP contribution in [0.4, 0.5) is 0 Å². The van der Waals surface area contributed by atoms with Gasteiger partial charge in [-0.1, -0.05) is 231 Å². The summed E-state index contributed by atoms with van der Waals surface area (Å²) in [5, 5.41) is 0. The summed E-state index contributed by atoms with van der Waals surface area (Å²) in [6, 6.07) is 0. The molecule has 0 rings (SSSR count). The number of carbonyl (C=O) groups excluding carboxylic acids is 3. The molecule has 6 nitrogen and oxygen atoms in total. The van der Waals surface area contributed by atoms with Crippen LogP contribution in [0.3, 0.4) is 0 Å². The molecule has 0 N–H and O–H groups in total. The van der Waals surface area contributed by atoms with E-state index in [9.17, 15) is 14.4 Å². The summed E-state index contributed by atoms with van der Waals surface area (Å²) >= 11 is 0. The smallest absolute Gasteiger partial charge is 0.306 e. The molecule has 0 spiro atoms. The summed E-state index contributed by atoms with van der Waals surface area (Å²) in [5.41, 5.74) is 0. The molecule has 386 valence electrons. The van der Waals surface area contributed by atoms with Crippen molar-refractivity contribution >= 4 is 17.9 Å². The summed E-state index contributed by atoms with van der Waals surface area (Å²) in [6.45, 7) is 6.27. The molecule has 0 saturated carbocycles. The van der Waals surface area contributed by atoms with Crippen LogP contribution in [0.1, 0.15) is 213 Å². The summed E-state index contributed by atoms with van der Waals surface area (Å²) < 4.78 is 16.7. The monoisotopic (exact) mass is 951 g/mol. The van der Waals surface area contributed by atoms with Gasteiger partial charge in [-0.3, -0.25) is 14.4 Å². The molecule has 0 radical (unpaired) electrons. The maximum atomic E-state index is 12.8. The predicted octanol–water partition coefficient (Wildman–Crippen LogP) is 18.4. The van der Waals surface area contributed by atoms with Gasteiger partial charge in [0.15, 0.2) is 6.10 Å². The number of unbranched alkanes of at least 4 members (excludes halogenated alkanes) is 15. The number of carbonyl (C=O) groups is 3. The number of esters is 3. The van der Waals surface area contributed by atoms with E-state index in [1.807, 2.05) is 12.2 Å². The van der Waals surface area contributed by atoms with Crippen molar-refractivity contribution in [1.82, 2.24) is 0 Å². The Morgan fingerprint density at radius 2 is 0.652 bits per heavy atom. The highest BCUT2D eigenvalue weighted by Crippen LogP contribution is 2.13. The Bertz CT molecular complexity index is 1560. The third-order valence-corrected chi connectivity index (χ3v) is 10.9. The molecule has 6 heteroatoms. The van der Waals surface area contributed by atoms with Crippen LogP contribution in [0.5, 0.6) is 0 Å². The second kappa shape index (κ2) is 55.9. The number of ether oxygens (including phenoxy) is 3. The first-order valence-electron chi connectivity index (χ1n) is 27.4. The lowest BCUT2D eigenvalue weighted by Crippen LogP contribution is -2.30. The Morgan fingerprint density at radius 1 is 0.319 bits per heavy atom. The molecule has 1 unspecified atom stereocenters. The van der Waals surface area contributed by atoms with E-state index in [2.05, 4.69) is 154 Å². The van der Waals surface area contributed by atoms with Crippen LogP contribution in [0.2, 0.25) is 0 Å². The molecular weight excluding hydrogens is 853 g/mol. The summed E-state index contributed by atoms with van der Waals surface area (Å²) in [6.07, 6.45) is 79.8. The average molecular weight is 951 g/mol. The first-order chi connectivity index (χ1) is 34.0. The van der Waals surface area contributed by atoms with Crippen molar-refractivity contribution < 1.29 is 28.6 Å². The molecular formula is C63H98O6. The first-order valence-corrected chi connectivity index (χ1v) is 27.4. The molecule has 0 saturated heterocycles. The van der Waals surface area contributed by atoms with Crippen molar-refractivity contribution in [2.45, 2.75) is 219 Å². The molecule has 0 aromatic heterocycles. The van der Waals surface area contributed by atoms with Gasteiger partial charge in [-0.25, -0.2) is 0 Å². The highest BCUT2D eigenvalue weighted by molar-refractivity contribution is 5.71. The fraction of sp³-hybridized carbons (Fsp3) is 0.571. The van der Waals surface area contributed by atoms with Crippen LogP contribution >= 0.6 is 0 Å². The van der Waals surface area contributed by atoms with Crippen molar-refractivity contribution in [2.75, 3.05) is 13.2 Å². The Hall–Kier alpha value is -4.71. The largest absolute Gasteiger partial charge is 0.462 e. The van der Waals surface area contributed by atoms with E-state index in [4.69, 9.17) is 14.2 Å². The number of hydrogen-bond donors (Lipinski definition) is 0. The maximum Gasteiger partial charge on any atom is 0.306 e.